The Morgan fingerprint density at radius 3 is 2.62 bits per heavy atom. The Kier molecular flexibility index (Phi) is 3.19. The fourth-order valence-electron chi connectivity index (χ4n) is 1.93. The van der Waals surface area contributed by atoms with Crippen LogP contribution in [0.3, 0.4) is 0 Å². The molecule has 2 heterocycles. The Morgan fingerprint density at radius 1 is 1.50 bits per heavy atom. The highest BCUT2D eigenvalue weighted by atomic mass is 35.5. The molecule has 0 aliphatic carbocycles. The third kappa shape index (κ3) is 2.07. The summed E-state index contributed by atoms with van der Waals surface area (Å²) in [5, 5.41) is 4.31. The molecule has 16 heavy (non-hydrogen) atoms. The van der Waals surface area contributed by atoms with Crippen LogP contribution in [-0.4, -0.2) is 39.1 Å². The molecule has 1 fully saturated rings. The second-order valence-electron chi connectivity index (χ2n) is 4.23. The molecule has 0 aromatic carbocycles. The van der Waals surface area contributed by atoms with E-state index in [-0.39, 0.29) is 11.3 Å². The topological polar surface area (TPSA) is 38.1 Å². The van der Waals surface area contributed by atoms with Crippen molar-refractivity contribution >= 4 is 17.5 Å². The molecule has 0 atom stereocenters. The van der Waals surface area contributed by atoms with Crippen LogP contribution >= 0.6 is 11.6 Å². The molecule has 1 aliphatic rings. The molecule has 0 bridgehead atoms. The maximum Gasteiger partial charge on any atom is 0.257 e. The van der Waals surface area contributed by atoms with Crippen molar-refractivity contribution < 1.29 is 4.79 Å². The van der Waals surface area contributed by atoms with Gasteiger partial charge < -0.3 is 4.90 Å². The molecule has 1 amide bonds. The van der Waals surface area contributed by atoms with Gasteiger partial charge in [0.2, 0.25) is 0 Å². The quantitative estimate of drug-likeness (QED) is 0.700. The predicted molar refractivity (Wildman–Crippen MR) is 62.7 cm³/mol. The summed E-state index contributed by atoms with van der Waals surface area (Å²) < 4.78 is 1.72. The second kappa shape index (κ2) is 4.45. The SMILES string of the molecule is Cc1c(C(=O)N2CCC(Cl)CC2)cnn1C. The number of aryl methyl sites for hydroxylation is 1. The summed E-state index contributed by atoms with van der Waals surface area (Å²) in [7, 11) is 1.84. The Morgan fingerprint density at radius 2 is 2.12 bits per heavy atom. The van der Waals surface area contributed by atoms with E-state index in [9.17, 15) is 4.79 Å². The lowest BCUT2D eigenvalue weighted by Gasteiger charge is -2.29. The van der Waals surface area contributed by atoms with E-state index in [4.69, 9.17) is 11.6 Å². The standard InChI is InChI=1S/C11H16ClN3O/c1-8-10(7-13-14(8)2)11(16)15-5-3-9(12)4-6-15/h7,9H,3-6H2,1-2H3. The van der Waals surface area contributed by atoms with Crippen molar-refractivity contribution in [2.45, 2.75) is 25.1 Å². The maximum absolute atomic E-state index is 12.2. The number of alkyl halides is 1. The first-order chi connectivity index (χ1) is 7.59. The summed E-state index contributed by atoms with van der Waals surface area (Å²) in [5.41, 5.74) is 1.62. The molecule has 0 saturated carbocycles. The van der Waals surface area contributed by atoms with Crippen LogP contribution < -0.4 is 0 Å². The fraction of sp³-hybridized carbons (Fsp3) is 0.636. The zero-order valence-electron chi connectivity index (χ0n) is 9.61. The first-order valence-electron chi connectivity index (χ1n) is 5.51. The number of halogens is 1. The smallest absolute Gasteiger partial charge is 0.257 e. The van der Waals surface area contributed by atoms with E-state index in [1.54, 1.807) is 10.9 Å². The van der Waals surface area contributed by atoms with Gasteiger partial charge in [-0.05, 0) is 19.8 Å². The van der Waals surface area contributed by atoms with Crippen LogP contribution in [0, 0.1) is 6.92 Å². The largest absolute Gasteiger partial charge is 0.338 e. The van der Waals surface area contributed by atoms with E-state index >= 15 is 0 Å². The third-order valence-electron chi connectivity index (χ3n) is 3.18. The minimum Gasteiger partial charge on any atom is -0.338 e. The number of amides is 1. The first kappa shape index (κ1) is 11.5. The average molecular weight is 242 g/mol. The average Bonchev–Trinajstić information content (AvgIpc) is 2.60. The molecular weight excluding hydrogens is 226 g/mol. The van der Waals surface area contributed by atoms with Crippen LogP contribution in [0.1, 0.15) is 28.9 Å². The molecule has 1 aliphatic heterocycles. The molecule has 1 saturated heterocycles. The molecule has 0 radical (unpaired) electrons. The Labute approximate surface area is 100 Å². The van der Waals surface area contributed by atoms with Crippen LogP contribution in [0.2, 0.25) is 0 Å². The van der Waals surface area contributed by atoms with E-state index < -0.39 is 0 Å². The third-order valence-corrected chi connectivity index (χ3v) is 3.61. The summed E-state index contributed by atoms with van der Waals surface area (Å²) in [6.07, 6.45) is 3.41. The number of hydrogen-bond acceptors (Lipinski definition) is 2. The minimum atomic E-state index is 0.0779. The van der Waals surface area contributed by atoms with Crippen LogP contribution in [0.5, 0.6) is 0 Å². The Balaban J connectivity index is 2.11. The number of carbonyl (C=O) groups excluding carboxylic acids is 1. The minimum absolute atomic E-state index is 0.0779. The first-order valence-corrected chi connectivity index (χ1v) is 5.95. The molecular formula is C11H16ClN3O. The van der Waals surface area contributed by atoms with Gasteiger partial charge in [-0.2, -0.15) is 5.10 Å². The highest BCUT2D eigenvalue weighted by Gasteiger charge is 2.24. The van der Waals surface area contributed by atoms with Gasteiger partial charge in [0.25, 0.3) is 5.91 Å². The Hall–Kier alpha value is -1.03. The van der Waals surface area contributed by atoms with Crippen molar-refractivity contribution in [2.75, 3.05) is 13.1 Å². The van der Waals surface area contributed by atoms with Gasteiger partial charge in [-0.15, -0.1) is 11.6 Å². The molecule has 4 nitrogen and oxygen atoms in total. The molecule has 1 aromatic heterocycles. The number of piperidine rings is 1. The second-order valence-corrected chi connectivity index (χ2v) is 4.85. The van der Waals surface area contributed by atoms with Gasteiger partial charge in [0.15, 0.2) is 0 Å². The van der Waals surface area contributed by atoms with Crippen LogP contribution in [0.15, 0.2) is 6.20 Å². The van der Waals surface area contributed by atoms with Crippen molar-refractivity contribution in [3.63, 3.8) is 0 Å². The zero-order valence-corrected chi connectivity index (χ0v) is 10.4. The van der Waals surface area contributed by atoms with Gasteiger partial charge in [0.05, 0.1) is 11.8 Å². The van der Waals surface area contributed by atoms with Crippen LogP contribution in [0.25, 0.3) is 0 Å². The van der Waals surface area contributed by atoms with Gasteiger partial charge in [0, 0.05) is 31.2 Å². The number of likely N-dealkylation sites (tertiary alicyclic amines) is 1. The van der Waals surface area contributed by atoms with Crippen molar-refractivity contribution in [2.24, 2.45) is 7.05 Å². The maximum atomic E-state index is 12.2. The summed E-state index contributed by atoms with van der Waals surface area (Å²) >= 11 is 6.01. The highest BCUT2D eigenvalue weighted by Crippen LogP contribution is 2.18. The van der Waals surface area contributed by atoms with Gasteiger partial charge in [0.1, 0.15) is 0 Å². The monoisotopic (exact) mass is 241 g/mol. The number of nitrogens with zero attached hydrogens (tertiary/aromatic N) is 3. The van der Waals surface area contributed by atoms with Crippen molar-refractivity contribution in [1.82, 2.24) is 14.7 Å². The molecule has 0 N–H and O–H groups in total. The van der Waals surface area contributed by atoms with Gasteiger partial charge >= 0.3 is 0 Å². The lowest BCUT2D eigenvalue weighted by atomic mass is 10.1. The van der Waals surface area contributed by atoms with Gasteiger partial charge in [-0.3, -0.25) is 9.48 Å². The number of aromatic nitrogens is 2. The molecule has 88 valence electrons. The predicted octanol–water partition coefficient (Wildman–Crippen LogP) is 1.57. The molecule has 5 heteroatoms. The molecule has 2 rings (SSSR count). The van der Waals surface area contributed by atoms with Gasteiger partial charge in [-0.25, -0.2) is 0 Å². The molecule has 1 aromatic rings. The zero-order chi connectivity index (χ0) is 11.7. The summed E-state index contributed by atoms with van der Waals surface area (Å²) in [6, 6.07) is 0. The summed E-state index contributed by atoms with van der Waals surface area (Å²) in [4.78, 5) is 14.0. The lowest BCUT2D eigenvalue weighted by Crippen LogP contribution is -2.38. The van der Waals surface area contributed by atoms with Gasteiger partial charge in [-0.1, -0.05) is 0 Å². The van der Waals surface area contributed by atoms with Crippen LogP contribution in [0.4, 0.5) is 0 Å². The van der Waals surface area contributed by atoms with E-state index in [1.165, 1.54) is 0 Å². The summed E-state index contributed by atoms with van der Waals surface area (Å²) in [5.74, 6) is 0.0779. The van der Waals surface area contributed by atoms with E-state index in [0.717, 1.165) is 31.6 Å². The number of carbonyl (C=O) groups is 1. The van der Waals surface area contributed by atoms with E-state index in [1.807, 2.05) is 18.9 Å². The van der Waals surface area contributed by atoms with Crippen molar-refractivity contribution in [3.05, 3.63) is 17.5 Å². The van der Waals surface area contributed by atoms with Crippen molar-refractivity contribution in [3.8, 4) is 0 Å². The molecule has 0 spiro atoms. The normalized spacial score (nSPS) is 17.8. The summed E-state index contributed by atoms with van der Waals surface area (Å²) in [6.45, 7) is 3.41. The number of hydrogen-bond donors (Lipinski definition) is 0. The van der Waals surface area contributed by atoms with E-state index in [0.29, 0.717) is 5.56 Å². The number of rotatable bonds is 1. The Bertz CT molecular complexity index is 394. The molecule has 0 unspecified atom stereocenters. The van der Waals surface area contributed by atoms with Crippen LogP contribution in [-0.2, 0) is 7.05 Å². The van der Waals surface area contributed by atoms with Crippen molar-refractivity contribution in [1.29, 1.82) is 0 Å². The highest BCUT2D eigenvalue weighted by molar-refractivity contribution is 6.20. The fourth-order valence-corrected chi connectivity index (χ4v) is 2.13. The van der Waals surface area contributed by atoms with E-state index in [2.05, 4.69) is 5.10 Å². The lowest BCUT2D eigenvalue weighted by molar-refractivity contribution is 0.0725.